The van der Waals surface area contributed by atoms with E-state index in [1.54, 1.807) is 45.0 Å². The van der Waals surface area contributed by atoms with Crippen LogP contribution in [0, 0.1) is 5.41 Å². The summed E-state index contributed by atoms with van der Waals surface area (Å²) in [6.45, 7) is 4.95. The zero-order valence-electron chi connectivity index (χ0n) is 11.1. The van der Waals surface area contributed by atoms with Gasteiger partial charge >= 0.3 is 5.97 Å². The van der Waals surface area contributed by atoms with Crippen LogP contribution in [0.15, 0.2) is 24.3 Å². The number of rotatable bonds is 4. The van der Waals surface area contributed by atoms with E-state index in [9.17, 15) is 9.59 Å². The molecule has 0 saturated heterocycles. The molecule has 98 valence electrons. The highest BCUT2D eigenvalue weighted by Gasteiger charge is 2.24. The normalized spacial score (nSPS) is 10.9. The molecule has 1 rings (SSSR count). The second kappa shape index (κ2) is 5.67. The molecule has 0 bridgehead atoms. The summed E-state index contributed by atoms with van der Waals surface area (Å²) in [5.41, 5.74) is -0.192. The van der Waals surface area contributed by atoms with Gasteiger partial charge in [0, 0.05) is 0 Å². The third kappa shape index (κ3) is 3.58. The van der Waals surface area contributed by atoms with Crippen LogP contribution in [-0.4, -0.2) is 25.5 Å². The summed E-state index contributed by atoms with van der Waals surface area (Å²) < 4.78 is 10.1. The van der Waals surface area contributed by atoms with Gasteiger partial charge in [0.25, 0.3) is 0 Å². The Balaban J connectivity index is 2.69. The van der Waals surface area contributed by atoms with Crippen molar-refractivity contribution in [2.24, 2.45) is 5.41 Å². The fourth-order valence-electron chi connectivity index (χ4n) is 1.30. The summed E-state index contributed by atoms with van der Waals surface area (Å²) in [5.74, 6) is -0.190. The first-order valence-electron chi connectivity index (χ1n) is 5.69. The van der Waals surface area contributed by atoms with Gasteiger partial charge < -0.3 is 9.47 Å². The Kier molecular flexibility index (Phi) is 4.48. The van der Waals surface area contributed by atoms with Crippen LogP contribution in [0.25, 0.3) is 0 Å². The van der Waals surface area contributed by atoms with Gasteiger partial charge in [-0.2, -0.15) is 0 Å². The molecule has 0 aliphatic rings. The van der Waals surface area contributed by atoms with Crippen molar-refractivity contribution in [1.29, 1.82) is 0 Å². The predicted octanol–water partition coefficient (Wildman–Crippen LogP) is 2.47. The quantitative estimate of drug-likeness (QED) is 0.608. The lowest BCUT2D eigenvalue weighted by molar-refractivity contribution is -0.151. The molecular formula is C14H18O4. The van der Waals surface area contributed by atoms with Gasteiger partial charge in [-0.15, -0.1) is 0 Å². The van der Waals surface area contributed by atoms with Gasteiger partial charge in [0.1, 0.15) is 5.75 Å². The first-order valence-corrected chi connectivity index (χ1v) is 5.69. The molecule has 0 amide bonds. The molecule has 18 heavy (non-hydrogen) atoms. The molecule has 4 heteroatoms. The molecule has 0 heterocycles. The second-order valence-corrected chi connectivity index (χ2v) is 4.95. The van der Waals surface area contributed by atoms with E-state index in [-0.39, 0.29) is 12.4 Å². The molecule has 0 fully saturated rings. The zero-order chi connectivity index (χ0) is 13.8. The van der Waals surface area contributed by atoms with E-state index in [4.69, 9.17) is 9.47 Å². The van der Waals surface area contributed by atoms with E-state index < -0.39 is 11.4 Å². The predicted molar refractivity (Wildman–Crippen MR) is 67.7 cm³/mol. The number of ketones is 1. The Morgan fingerprint density at radius 1 is 1.17 bits per heavy atom. The lowest BCUT2D eigenvalue weighted by Crippen LogP contribution is -2.25. The number of hydrogen-bond acceptors (Lipinski definition) is 4. The van der Waals surface area contributed by atoms with E-state index in [1.807, 2.05) is 0 Å². The van der Waals surface area contributed by atoms with Crippen LogP contribution in [-0.2, 0) is 9.53 Å². The van der Waals surface area contributed by atoms with Crippen molar-refractivity contribution in [2.45, 2.75) is 20.8 Å². The monoisotopic (exact) mass is 250 g/mol. The van der Waals surface area contributed by atoms with Gasteiger partial charge in [0.05, 0.1) is 18.1 Å². The summed E-state index contributed by atoms with van der Waals surface area (Å²) in [4.78, 5) is 23.4. The van der Waals surface area contributed by atoms with Crippen molar-refractivity contribution in [1.82, 2.24) is 0 Å². The molecule has 1 aromatic rings. The number of benzene rings is 1. The van der Waals surface area contributed by atoms with E-state index >= 15 is 0 Å². The number of Topliss-reactive ketones (excluding diaryl/α,β-unsaturated/α-hetero) is 1. The molecule has 0 unspecified atom stereocenters. The molecule has 0 saturated carbocycles. The zero-order valence-corrected chi connectivity index (χ0v) is 11.1. The maximum absolute atomic E-state index is 11.9. The van der Waals surface area contributed by atoms with Gasteiger partial charge in [-0.1, -0.05) is 12.1 Å². The number of carbonyl (C=O) groups is 2. The van der Waals surface area contributed by atoms with Crippen LogP contribution < -0.4 is 4.74 Å². The largest absolute Gasteiger partial charge is 0.496 e. The molecule has 1 aromatic carbocycles. The molecule has 0 aliphatic heterocycles. The number of esters is 1. The summed E-state index contributed by atoms with van der Waals surface area (Å²) in [6.07, 6.45) is 0. The van der Waals surface area contributed by atoms with Crippen molar-refractivity contribution in [3.8, 4) is 5.75 Å². The maximum Gasteiger partial charge on any atom is 0.311 e. The molecule has 0 N–H and O–H groups in total. The molecular weight excluding hydrogens is 232 g/mol. The summed E-state index contributed by atoms with van der Waals surface area (Å²) in [5, 5.41) is 0. The average Bonchev–Trinajstić information content (AvgIpc) is 2.34. The Labute approximate surface area is 107 Å². The Hall–Kier alpha value is -1.84. The number of carbonyl (C=O) groups excluding carboxylic acids is 2. The van der Waals surface area contributed by atoms with Gasteiger partial charge in [0.2, 0.25) is 5.78 Å². The second-order valence-electron chi connectivity index (χ2n) is 4.95. The number of ether oxygens (including phenoxy) is 2. The van der Waals surface area contributed by atoms with Crippen LogP contribution in [0.5, 0.6) is 5.75 Å². The SMILES string of the molecule is COc1ccccc1C(=O)COC(=O)C(C)(C)C. The van der Waals surface area contributed by atoms with Crippen LogP contribution in [0.4, 0.5) is 0 Å². The minimum Gasteiger partial charge on any atom is -0.496 e. The van der Waals surface area contributed by atoms with Crippen LogP contribution in [0.3, 0.4) is 0 Å². The minimum atomic E-state index is -0.610. The molecule has 0 radical (unpaired) electrons. The highest BCUT2D eigenvalue weighted by atomic mass is 16.5. The third-order valence-corrected chi connectivity index (χ3v) is 2.35. The summed E-state index contributed by atoms with van der Waals surface area (Å²) >= 11 is 0. The Morgan fingerprint density at radius 2 is 1.78 bits per heavy atom. The molecule has 0 aromatic heterocycles. The van der Waals surface area contributed by atoms with Gasteiger partial charge in [-0.05, 0) is 32.9 Å². The van der Waals surface area contributed by atoms with Gasteiger partial charge in [-0.25, -0.2) is 0 Å². The number of methoxy groups -OCH3 is 1. The van der Waals surface area contributed by atoms with E-state index in [2.05, 4.69) is 0 Å². The van der Waals surface area contributed by atoms with Crippen LogP contribution in [0.1, 0.15) is 31.1 Å². The number of para-hydroxylation sites is 1. The molecule has 0 aliphatic carbocycles. The Bertz CT molecular complexity index is 443. The first kappa shape index (κ1) is 14.2. The van der Waals surface area contributed by atoms with Crippen molar-refractivity contribution >= 4 is 11.8 Å². The summed E-state index contributed by atoms with van der Waals surface area (Å²) in [6, 6.07) is 6.85. The fraction of sp³-hybridized carbons (Fsp3) is 0.429. The summed E-state index contributed by atoms with van der Waals surface area (Å²) in [7, 11) is 1.49. The highest BCUT2D eigenvalue weighted by molar-refractivity contribution is 6.00. The van der Waals surface area contributed by atoms with Gasteiger partial charge in [0.15, 0.2) is 6.61 Å². The number of hydrogen-bond donors (Lipinski definition) is 0. The van der Waals surface area contributed by atoms with Crippen molar-refractivity contribution in [3.63, 3.8) is 0 Å². The van der Waals surface area contributed by atoms with E-state index in [0.29, 0.717) is 11.3 Å². The lowest BCUT2D eigenvalue weighted by atomic mass is 9.97. The van der Waals surface area contributed by atoms with Crippen molar-refractivity contribution < 1.29 is 19.1 Å². The van der Waals surface area contributed by atoms with E-state index in [1.165, 1.54) is 7.11 Å². The van der Waals surface area contributed by atoms with Crippen LogP contribution >= 0.6 is 0 Å². The maximum atomic E-state index is 11.9. The van der Waals surface area contributed by atoms with Crippen molar-refractivity contribution in [3.05, 3.63) is 29.8 Å². The topological polar surface area (TPSA) is 52.6 Å². The average molecular weight is 250 g/mol. The Morgan fingerprint density at radius 3 is 2.33 bits per heavy atom. The first-order chi connectivity index (χ1) is 8.36. The smallest absolute Gasteiger partial charge is 0.311 e. The third-order valence-electron chi connectivity index (χ3n) is 2.35. The minimum absolute atomic E-state index is 0.267. The van der Waals surface area contributed by atoms with Crippen molar-refractivity contribution in [2.75, 3.05) is 13.7 Å². The standard InChI is InChI=1S/C14H18O4/c1-14(2,3)13(16)18-9-11(15)10-7-5-6-8-12(10)17-4/h5-8H,9H2,1-4H3. The van der Waals surface area contributed by atoms with E-state index in [0.717, 1.165) is 0 Å². The highest BCUT2D eigenvalue weighted by Crippen LogP contribution is 2.19. The fourth-order valence-corrected chi connectivity index (χ4v) is 1.30. The molecule has 0 atom stereocenters. The molecule has 0 spiro atoms. The van der Waals surface area contributed by atoms with Gasteiger partial charge in [-0.3, -0.25) is 9.59 Å². The van der Waals surface area contributed by atoms with Crippen LogP contribution in [0.2, 0.25) is 0 Å². The molecule has 4 nitrogen and oxygen atoms in total. The lowest BCUT2D eigenvalue weighted by Gasteiger charge is -2.16.